The molecule has 2 rings (SSSR count). The largest absolute Gasteiger partial charge is 0.357 e. The van der Waals surface area contributed by atoms with Crippen LogP contribution in [-0.4, -0.2) is 73.2 Å². The Hall–Kier alpha value is -1.42. The van der Waals surface area contributed by atoms with Crippen LogP contribution in [-0.2, 0) is 0 Å². The number of aliphatic imine (C=N–C) groups is 1. The Morgan fingerprint density at radius 2 is 1.96 bits per heavy atom. The molecule has 1 aromatic heterocycles. The molecule has 1 fully saturated rings. The highest BCUT2D eigenvalue weighted by Crippen LogP contribution is 2.09. The molecule has 1 aliphatic rings. The van der Waals surface area contributed by atoms with Gasteiger partial charge in [-0.1, -0.05) is 6.08 Å². The maximum absolute atomic E-state index is 4.59. The van der Waals surface area contributed by atoms with Crippen LogP contribution in [0.3, 0.4) is 0 Å². The number of hydrogen-bond donors (Lipinski definition) is 2. The fraction of sp³-hybridized carbons (Fsp3) is 0.588. The molecule has 1 aromatic rings. The van der Waals surface area contributed by atoms with Crippen molar-refractivity contribution in [1.82, 2.24) is 25.5 Å². The van der Waals surface area contributed by atoms with Gasteiger partial charge in [0.25, 0.3) is 0 Å². The molecule has 2 N–H and O–H groups in total. The lowest BCUT2D eigenvalue weighted by atomic mass is 10.3. The first-order chi connectivity index (χ1) is 11.8. The molecule has 0 unspecified atom stereocenters. The minimum Gasteiger partial charge on any atom is -0.357 e. The number of hydrogen-bond acceptors (Lipinski definition) is 5. The summed E-state index contributed by atoms with van der Waals surface area (Å²) in [5.74, 6) is 1.70. The van der Waals surface area contributed by atoms with Gasteiger partial charge >= 0.3 is 0 Å². The van der Waals surface area contributed by atoms with Crippen molar-refractivity contribution >= 4 is 35.9 Å². The third kappa shape index (κ3) is 8.00. The lowest BCUT2D eigenvalue weighted by Crippen LogP contribution is -2.47. The van der Waals surface area contributed by atoms with Crippen LogP contribution in [0.25, 0.3) is 0 Å². The summed E-state index contributed by atoms with van der Waals surface area (Å²) < 4.78 is 0. The zero-order valence-electron chi connectivity index (χ0n) is 15.0. The van der Waals surface area contributed by atoms with E-state index in [2.05, 4.69) is 48.9 Å². The number of rotatable bonds is 8. The van der Waals surface area contributed by atoms with Crippen LogP contribution in [0.15, 0.2) is 36.1 Å². The molecule has 0 aromatic carbocycles. The molecule has 25 heavy (non-hydrogen) atoms. The van der Waals surface area contributed by atoms with E-state index in [1.807, 2.05) is 12.1 Å². The Morgan fingerprint density at radius 1 is 1.24 bits per heavy atom. The predicted octanol–water partition coefficient (Wildman–Crippen LogP) is 1.35. The van der Waals surface area contributed by atoms with Gasteiger partial charge in [0.15, 0.2) is 5.96 Å². The summed E-state index contributed by atoms with van der Waals surface area (Å²) in [5, 5.41) is 6.46. The minimum atomic E-state index is 0. The van der Waals surface area contributed by atoms with Gasteiger partial charge < -0.3 is 15.5 Å². The predicted molar refractivity (Wildman–Crippen MR) is 115 cm³/mol. The normalized spacial score (nSPS) is 15.4. The monoisotopic (exact) mass is 459 g/mol. The van der Waals surface area contributed by atoms with Crippen LogP contribution in [0.1, 0.15) is 13.3 Å². The molecule has 140 valence electrons. The van der Waals surface area contributed by atoms with Gasteiger partial charge in [-0.25, -0.2) is 9.97 Å². The van der Waals surface area contributed by atoms with Gasteiger partial charge in [0.05, 0.1) is 0 Å². The van der Waals surface area contributed by atoms with E-state index in [0.717, 1.165) is 70.7 Å². The number of nitrogens with one attached hydrogen (secondary N) is 2. The van der Waals surface area contributed by atoms with Crippen molar-refractivity contribution in [2.75, 3.05) is 57.3 Å². The van der Waals surface area contributed by atoms with Crippen LogP contribution in [0.2, 0.25) is 0 Å². The number of piperazine rings is 1. The van der Waals surface area contributed by atoms with Crippen LogP contribution >= 0.6 is 24.0 Å². The van der Waals surface area contributed by atoms with E-state index in [-0.39, 0.29) is 24.0 Å². The van der Waals surface area contributed by atoms with E-state index in [0.29, 0.717) is 0 Å². The highest BCUT2D eigenvalue weighted by molar-refractivity contribution is 14.0. The van der Waals surface area contributed by atoms with E-state index in [4.69, 9.17) is 0 Å². The zero-order chi connectivity index (χ0) is 17.0. The molecule has 1 saturated heterocycles. The first kappa shape index (κ1) is 21.6. The van der Waals surface area contributed by atoms with Crippen molar-refractivity contribution in [1.29, 1.82) is 0 Å². The summed E-state index contributed by atoms with van der Waals surface area (Å²) in [6.45, 7) is 13.4. The summed E-state index contributed by atoms with van der Waals surface area (Å²) in [6, 6.07) is 1.85. The van der Waals surface area contributed by atoms with Crippen molar-refractivity contribution in [2.45, 2.75) is 13.3 Å². The number of halogens is 1. The Bertz CT molecular complexity index is 501. The smallest absolute Gasteiger partial charge is 0.225 e. The van der Waals surface area contributed by atoms with E-state index in [1.165, 1.54) is 0 Å². The maximum Gasteiger partial charge on any atom is 0.225 e. The molecule has 8 heteroatoms. The summed E-state index contributed by atoms with van der Waals surface area (Å²) in [6.07, 6.45) is 6.50. The SMILES string of the molecule is C=CCNC(=NCCCN1CCN(c2ncccn2)CC1)NCC.I. The summed E-state index contributed by atoms with van der Waals surface area (Å²) in [5.41, 5.74) is 0. The van der Waals surface area contributed by atoms with Gasteiger partial charge in [-0.3, -0.25) is 9.89 Å². The lowest BCUT2D eigenvalue weighted by Gasteiger charge is -2.34. The van der Waals surface area contributed by atoms with Crippen LogP contribution < -0.4 is 15.5 Å². The van der Waals surface area contributed by atoms with Crippen LogP contribution in [0.5, 0.6) is 0 Å². The highest BCUT2D eigenvalue weighted by Gasteiger charge is 2.17. The van der Waals surface area contributed by atoms with E-state index >= 15 is 0 Å². The fourth-order valence-electron chi connectivity index (χ4n) is 2.62. The van der Waals surface area contributed by atoms with Gasteiger partial charge in [-0.05, 0) is 19.4 Å². The van der Waals surface area contributed by atoms with E-state index < -0.39 is 0 Å². The van der Waals surface area contributed by atoms with Crippen LogP contribution in [0, 0.1) is 0 Å². The third-order valence-electron chi connectivity index (χ3n) is 3.87. The van der Waals surface area contributed by atoms with Crippen molar-refractivity contribution in [3.05, 3.63) is 31.1 Å². The second-order valence-corrected chi connectivity index (χ2v) is 5.66. The van der Waals surface area contributed by atoms with Crippen molar-refractivity contribution in [3.8, 4) is 0 Å². The second kappa shape index (κ2) is 12.9. The van der Waals surface area contributed by atoms with Gasteiger partial charge in [0.1, 0.15) is 0 Å². The Labute approximate surface area is 168 Å². The molecule has 0 spiro atoms. The molecule has 2 heterocycles. The number of aromatic nitrogens is 2. The van der Waals surface area contributed by atoms with Crippen molar-refractivity contribution in [3.63, 3.8) is 0 Å². The van der Waals surface area contributed by atoms with Crippen molar-refractivity contribution in [2.24, 2.45) is 4.99 Å². The van der Waals surface area contributed by atoms with Gasteiger partial charge in [0.2, 0.25) is 5.95 Å². The Kier molecular flexibility index (Phi) is 11.1. The molecule has 0 atom stereocenters. The van der Waals surface area contributed by atoms with Gasteiger partial charge in [-0.15, -0.1) is 30.6 Å². The summed E-state index contributed by atoms with van der Waals surface area (Å²) in [7, 11) is 0. The Balaban J connectivity index is 0.00000312. The van der Waals surface area contributed by atoms with E-state index in [9.17, 15) is 0 Å². The molecule has 0 saturated carbocycles. The van der Waals surface area contributed by atoms with Gasteiger partial charge in [-0.2, -0.15) is 0 Å². The topological polar surface area (TPSA) is 68.7 Å². The lowest BCUT2D eigenvalue weighted by molar-refractivity contribution is 0.255. The van der Waals surface area contributed by atoms with E-state index in [1.54, 1.807) is 12.4 Å². The maximum atomic E-state index is 4.59. The number of guanidine groups is 1. The molecule has 0 amide bonds. The summed E-state index contributed by atoms with van der Waals surface area (Å²) in [4.78, 5) is 18.0. The molecule has 1 aliphatic heterocycles. The molecule has 0 radical (unpaired) electrons. The highest BCUT2D eigenvalue weighted by atomic mass is 127. The van der Waals surface area contributed by atoms with Gasteiger partial charge in [0, 0.05) is 64.8 Å². The molecule has 0 aliphatic carbocycles. The molecular weight excluding hydrogens is 429 g/mol. The second-order valence-electron chi connectivity index (χ2n) is 5.66. The average Bonchev–Trinajstić information content (AvgIpc) is 2.64. The standard InChI is InChI=1S/C17H29N7.HI/c1-3-7-19-16(18-4-2)20-10-6-11-23-12-14-24(15-13-23)17-21-8-5-9-22-17;/h3,5,8-9H,1,4,6-7,10-15H2,2H3,(H2,18,19,20);1H. The quantitative estimate of drug-likeness (QED) is 0.201. The zero-order valence-corrected chi connectivity index (χ0v) is 17.4. The van der Waals surface area contributed by atoms with Crippen LogP contribution in [0.4, 0.5) is 5.95 Å². The fourth-order valence-corrected chi connectivity index (χ4v) is 2.62. The molecule has 7 nitrogen and oxygen atoms in total. The molecule has 0 bridgehead atoms. The first-order valence-corrected chi connectivity index (χ1v) is 8.71. The minimum absolute atomic E-state index is 0. The van der Waals surface area contributed by atoms with Crippen molar-refractivity contribution < 1.29 is 0 Å². The third-order valence-corrected chi connectivity index (χ3v) is 3.87. The molecular formula is C17H30IN7. The Morgan fingerprint density at radius 3 is 2.60 bits per heavy atom. The number of nitrogens with zero attached hydrogens (tertiary/aromatic N) is 5. The summed E-state index contributed by atoms with van der Waals surface area (Å²) >= 11 is 0. The number of anilines is 1. The first-order valence-electron chi connectivity index (χ1n) is 8.71. The average molecular weight is 459 g/mol.